The molecule has 19 heavy (non-hydrogen) atoms. The molecule has 0 spiro atoms. The number of para-hydroxylation sites is 1. The molecule has 0 saturated carbocycles. The Kier molecular flexibility index (Phi) is 3.29. The van der Waals surface area contributed by atoms with Crippen molar-refractivity contribution in [2.45, 2.75) is 6.92 Å². The molecule has 0 aliphatic heterocycles. The number of aromatic nitrogens is 1. The van der Waals surface area contributed by atoms with E-state index >= 15 is 0 Å². The molecule has 0 unspecified atom stereocenters. The lowest BCUT2D eigenvalue weighted by Crippen LogP contribution is -1.89. The molecule has 3 rings (SSSR count). The summed E-state index contributed by atoms with van der Waals surface area (Å²) in [4.78, 5) is 4.64. The third-order valence-electron chi connectivity index (χ3n) is 2.95. The van der Waals surface area contributed by atoms with E-state index in [1.807, 2.05) is 42.5 Å². The van der Waals surface area contributed by atoms with Gasteiger partial charge >= 0.3 is 0 Å². The van der Waals surface area contributed by atoms with Crippen molar-refractivity contribution in [1.29, 1.82) is 0 Å². The Balaban J connectivity index is 1.86. The lowest BCUT2D eigenvalue weighted by molar-refractivity contribution is 1.35. The number of aryl methyl sites for hydroxylation is 1. The third-order valence-corrected chi connectivity index (χ3v) is 3.71. The second kappa shape index (κ2) is 5.24. The van der Waals surface area contributed by atoms with Crippen molar-refractivity contribution in [1.82, 2.24) is 4.98 Å². The van der Waals surface area contributed by atoms with Crippen molar-refractivity contribution < 1.29 is 0 Å². The highest BCUT2D eigenvalue weighted by atomic mass is 32.1. The van der Waals surface area contributed by atoms with Crippen LogP contribution in [0.4, 0.5) is 10.8 Å². The summed E-state index contributed by atoms with van der Waals surface area (Å²) in [7, 11) is 0. The maximum absolute atomic E-state index is 4.64. The Morgan fingerprint density at radius 3 is 2.47 bits per heavy atom. The first kappa shape index (κ1) is 11.9. The first-order valence-electron chi connectivity index (χ1n) is 6.16. The highest BCUT2D eigenvalue weighted by molar-refractivity contribution is 7.14. The van der Waals surface area contributed by atoms with Gasteiger partial charge in [-0.3, -0.25) is 0 Å². The van der Waals surface area contributed by atoms with Crippen LogP contribution in [0, 0.1) is 6.92 Å². The minimum atomic E-state index is 0.921. The summed E-state index contributed by atoms with van der Waals surface area (Å²) in [5.74, 6) is 0. The van der Waals surface area contributed by atoms with E-state index < -0.39 is 0 Å². The lowest BCUT2D eigenvalue weighted by atomic mass is 10.1. The first-order valence-corrected chi connectivity index (χ1v) is 7.04. The van der Waals surface area contributed by atoms with Crippen molar-refractivity contribution in [3.8, 4) is 11.3 Å². The van der Waals surface area contributed by atoms with E-state index in [2.05, 4.69) is 34.7 Å². The predicted octanol–water partition coefficient (Wildman–Crippen LogP) is 4.86. The van der Waals surface area contributed by atoms with Crippen molar-refractivity contribution >= 4 is 22.2 Å². The van der Waals surface area contributed by atoms with Gasteiger partial charge in [-0.1, -0.05) is 42.5 Å². The van der Waals surface area contributed by atoms with Crippen LogP contribution >= 0.6 is 11.3 Å². The zero-order valence-electron chi connectivity index (χ0n) is 10.6. The topological polar surface area (TPSA) is 24.9 Å². The maximum atomic E-state index is 4.64. The summed E-state index contributed by atoms with van der Waals surface area (Å²) in [5, 5.41) is 6.33. The van der Waals surface area contributed by atoms with Gasteiger partial charge in [-0.25, -0.2) is 4.98 Å². The largest absolute Gasteiger partial charge is 0.332 e. The van der Waals surface area contributed by atoms with E-state index in [-0.39, 0.29) is 0 Å². The fourth-order valence-corrected chi connectivity index (χ4v) is 2.69. The Labute approximate surface area is 116 Å². The second-order valence-electron chi connectivity index (χ2n) is 4.34. The molecule has 0 radical (unpaired) electrons. The fraction of sp³-hybridized carbons (Fsp3) is 0.0625. The third kappa shape index (κ3) is 2.66. The SMILES string of the molecule is Cc1ccccc1-c1csc(Nc2ccccc2)n1. The summed E-state index contributed by atoms with van der Waals surface area (Å²) in [6.45, 7) is 2.11. The maximum Gasteiger partial charge on any atom is 0.187 e. The van der Waals surface area contributed by atoms with Crippen LogP contribution in [0.1, 0.15) is 5.56 Å². The number of thiazole rings is 1. The molecule has 0 fully saturated rings. The van der Waals surface area contributed by atoms with Crippen LogP contribution in [-0.2, 0) is 0 Å². The van der Waals surface area contributed by atoms with Gasteiger partial charge in [-0.05, 0) is 24.6 Å². The summed E-state index contributed by atoms with van der Waals surface area (Å²) < 4.78 is 0. The quantitative estimate of drug-likeness (QED) is 0.732. The van der Waals surface area contributed by atoms with E-state index in [9.17, 15) is 0 Å². The smallest absolute Gasteiger partial charge is 0.187 e. The number of hydrogen-bond acceptors (Lipinski definition) is 3. The Morgan fingerprint density at radius 1 is 0.947 bits per heavy atom. The fourth-order valence-electron chi connectivity index (χ4n) is 1.96. The van der Waals surface area contributed by atoms with Gasteiger partial charge in [0.1, 0.15) is 0 Å². The van der Waals surface area contributed by atoms with Crippen molar-refractivity contribution in [2.24, 2.45) is 0 Å². The summed E-state index contributed by atoms with van der Waals surface area (Å²) >= 11 is 1.63. The van der Waals surface area contributed by atoms with E-state index in [4.69, 9.17) is 0 Å². The molecule has 1 aromatic heterocycles. The molecule has 3 aromatic rings. The van der Waals surface area contributed by atoms with Gasteiger partial charge in [0.25, 0.3) is 0 Å². The Bertz CT molecular complexity index is 674. The number of nitrogens with one attached hydrogen (secondary N) is 1. The highest BCUT2D eigenvalue weighted by Crippen LogP contribution is 2.28. The first-order chi connectivity index (χ1) is 9.33. The average molecular weight is 266 g/mol. The predicted molar refractivity (Wildman–Crippen MR) is 82.0 cm³/mol. The van der Waals surface area contributed by atoms with E-state index in [1.54, 1.807) is 11.3 Å². The van der Waals surface area contributed by atoms with Crippen molar-refractivity contribution in [3.63, 3.8) is 0 Å². The Morgan fingerprint density at radius 2 is 1.68 bits per heavy atom. The molecule has 0 aliphatic carbocycles. The van der Waals surface area contributed by atoms with Crippen molar-refractivity contribution in [3.05, 3.63) is 65.5 Å². The molecule has 1 heterocycles. The van der Waals surface area contributed by atoms with Crippen LogP contribution in [0.2, 0.25) is 0 Å². The molecule has 3 heteroatoms. The van der Waals surface area contributed by atoms with Gasteiger partial charge in [0.2, 0.25) is 0 Å². The average Bonchev–Trinajstić information content (AvgIpc) is 2.89. The van der Waals surface area contributed by atoms with Crippen molar-refractivity contribution in [2.75, 3.05) is 5.32 Å². The van der Waals surface area contributed by atoms with Crippen LogP contribution in [0.5, 0.6) is 0 Å². The Hall–Kier alpha value is -2.13. The zero-order chi connectivity index (χ0) is 13.1. The van der Waals surface area contributed by atoms with Crippen LogP contribution in [0.3, 0.4) is 0 Å². The van der Waals surface area contributed by atoms with Crippen LogP contribution in [0.15, 0.2) is 60.0 Å². The number of anilines is 2. The molecule has 0 aliphatic rings. The summed E-state index contributed by atoms with van der Waals surface area (Å²) in [5.41, 5.74) is 4.54. The molecule has 0 saturated heterocycles. The highest BCUT2D eigenvalue weighted by Gasteiger charge is 2.06. The number of nitrogens with zero attached hydrogens (tertiary/aromatic N) is 1. The molecule has 94 valence electrons. The summed E-state index contributed by atoms with van der Waals surface area (Å²) in [6.07, 6.45) is 0. The van der Waals surface area contributed by atoms with Gasteiger partial charge in [-0.2, -0.15) is 0 Å². The van der Waals surface area contributed by atoms with Gasteiger partial charge in [0, 0.05) is 16.6 Å². The molecule has 2 aromatic carbocycles. The number of hydrogen-bond donors (Lipinski definition) is 1. The van der Waals surface area contributed by atoms with E-state index in [0.29, 0.717) is 0 Å². The standard InChI is InChI=1S/C16H14N2S/c1-12-7-5-6-10-14(12)15-11-19-16(18-15)17-13-8-3-2-4-9-13/h2-11H,1H3,(H,17,18). The molecule has 0 bridgehead atoms. The lowest BCUT2D eigenvalue weighted by Gasteiger charge is -2.02. The minimum Gasteiger partial charge on any atom is -0.332 e. The molecule has 0 atom stereocenters. The number of rotatable bonds is 3. The summed E-state index contributed by atoms with van der Waals surface area (Å²) in [6, 6.07) is 18.4. The molecule has 2 nitrogen and oxygen atoms in total. The van der Waals surface area contributed by atoms with Crippen LogP contribution < -0.4 is 5.32 Å². The zero-order valence-corrected chi connectivity index (χ0v) is 11.4. The monoisotopic (exact) mass is 266 g/mol. The molecule has 1 N–H and O–H groups in total. The van der Waals surface area contributed by atoms with Gasteiger partial charge < -0.3 is 5.32 Å². The van der Waals surface area contributed by atoms with E-state index in [1.165, 1.54) is 11.1 Å². The van der Waals surface area contributed by atoms with Gasteiger partial charge in [0.05, 0.1) is 5.69 Å². The second-order valence-corrected chi connectivity index (χ2v) is 5.20. The van der Waals surface area contributed by atoms with E-state index in [0.717, 1.165) is 16.5 Å². The molecular formula is C16H14N2S. The van der Waals surface area contributed by atoms with Gasteiger partial charge in [-0.15, -0.1) is 11.3 Å². The van der Waals surface area contributed by atoms with Crippen LogP contribution in [0.25, 0.3) is 11.3 Å². The molecular weight excluding hydrogens is 252 g/mol. The van der Waals surface area contributed by atoms with Gasteiger partial charge in [0.15, 0.2) is 5.13 Å². The number of benzene rings is 2. The molecule has 0 amide bonds. The normalized spacial score (nSPS) is 10.4. The minimum absolute atomic E-state index is 0.921. The van der Waals surface area contributed by atoms with Crippen LogP contribution in [-0.4, -0.2) is 4.98 Å².